The summed E-state index contributed by atoms with van der Waals surface area (Å²) in [5, 5.41) is 4.46. The van der Waals surface area contributed by atoms with Crippen LogP contribution >= 0.6 is 0 Å². The number of piperidine rings is 1. The van der Waals surface area contributed by atoms with Crippen molar-refractivity contribution in [2.75, 3.05) is 13.1 Å². The third-order valence-electron chi connectivity index (χ3n) is 6.82. The Morgan fingerprint density at radius 3 is 2.60 bits per heavy atom. The van der Waals surface area contributed by atoms with E-state index >= 15 is 0 Å². The Morgan fingerprint density at radius 2 is 1.93 bits per heavy atom. The van der Waals surface area contributed by atoms with E-state index in [0.717, 1.165) is 54.9 Å². The molecule has 0 saturated carbocycles. The normalized spacial score (nSPS) is 21.6. The van der Waals surface area contributed by atoms with Crippen LogP contribution in [0, 0.1) is 13.8 Å². The van der Waals surface area contributed by atoms with Crippen molar-refractivity contribution in [2.24, 2.45) is 7.05 Å². The zero-order valence-corrected chi connectivity index (χ0v) is 18.2. The van der Waals surface area contributed by atoms with E-state index in [1.807, 2.05) is 53.6 Å². The van der Waals surface area contributed by atoms with E-state index in [9.17, 15) is 9.59 Å². The first-order chi connectivity index (χ1) is 14.4. The molecule has 2 aromatic heterocycles. The molecule has 2 aliphatic rings. The maximum absolute atomic E-state index is 13.5. The highest BCUT2D eigenvalue weighted by atomic mass is 16.2. The van der Waals surface area contributed by atoms with Gasteiger partial charge in [-0.25, -0.2) is 0 Å². The molecule has 2 aliphatic heterocycles. The summed E-state index contributed by atoms with van der Waals surface area (Å²) in [5.74, 6) is 0.183. The van der Waals surface area contributed by atoms with E-state index in [-0.39, 0.29) is 11.8 Å². The quantitative estimate of drug-likeness (QED) is 0.761. The SMILES string of the molecule is Cc1nn(C)c(C)c1CCC(=O)N1CCCC12CCCN(Cc1ccccn1)C2=O. The van der Waals surface area contributed by atoms with Crippen LogP contribution in [0.3, 0.4) is 0 Å². The highest BCUT2D eigenvalue weighted by Gasteiger charge is 2.52. The third-order valence-corrected chi connectivity index (χ3v) is 6.82. The van der Waals surface area contributed by atoms with Gasteiger partial charge in [0.05, 0.1) is 17.9 Å². The average molecular weight is 410 g/mol. The summed E-state index contributed by atoms with van der Waals surface area (Å²) in [6, 6.07) is 5.77. The van der Waals surface area contributed by atoms with Crippen molar-refractivity contribution < 1.29 is 9.59 Å². The lowest BCUT2D eigenvalue weighted by Crippen LogP contribution is -2.61. The number of nitrogens with zero attached hydrogens (tertiary/aromatic N) is 5. The van der Waals surface area contributed by atoms with Crippen molar-refractivity contribution in [3.63, 3.8) is 0 Å². The van der Waals surface area contributed by atoms with Crippen molar-refractivity contribution in [1.29, 1.82) is 0 Å². The molecule has 160 valence electrons. The summed E-state index contributed by atoms with van der Waals surface area (Å²) in [7, 11) is 1.93. The summed E-state index contributed by atoms with van der Waals surface area (Å²) in [5.41, 5.74) is 3.46. The Morgan fingerprint density at radius 1 is 1.17 bits per heavy atom. The van der Waals surface area contributed by atoms with Gasteiger partial charge in [0.25, 0.3) is 0 Å². The van der Waals surface area contributed by atoms with Gasteiger partial charge in [0.2, 0.25) is 11.8 Å². The minimum Gasteiger partial charge on any atom is -0.335 e. The van der Waals surface area contributed by atoms with Crippen LogP contribution in [0.1, 0.15) is 54.7 Å². The minimum absolute atomic E-state index is 0.0863. The molecule has 0 N–H and O–H groups in total. The smallest absolute Gasteiger partial charge is 0.248 e. The summed E-state index contributed by atoms with van der Waals surface area (Å²) in [4.78, 5) is 35.0. The number of rotatable bonds is 5. The fourth-order valence-electron chi connectivity index (χ4n) is 5.17. The fraction of sp³-hybridized carbons (Fsp3) is 0.565. The summed E-state index contributed by atoms with van der Waals surface area (Å²) in [6.45, 7) is 5.94. The summed E-state index contributed by atoms with van der Waals surface area (Å²) >= 11 is 0. The van der Waals surface area contributed by atoms with Crippen LogP contribution < -0.4 is 0 Å². The van der Waals surface area contributed by atoms with Gasteiger partial charge >= 0.3 is 0 Å². The molecule has 7 heteroatoms. The number of hydrogen-bond donors (Lipinski definition) is 0. The number of hydrogen-bond acceptors (Lipinski definition) is 4. The van der Waals surface area contributed by atoms with Crippen LogP contribution in [-0.2, 0) is 29.6 Å². The molecule has 2 amide bonds. The summed E-state index contributed by atoms with van der Waals surface area (Å²) in [6.07, 6.45) is 6.18. The first kappa shape index (κ1) is 20.6. The second kappa shape index (κ2) is 8.20. The Bertz CT molecular complexity index is 939. The highest BCUT2D eigenvalue weighted by molar-refractivity contribution is 5.92. The third kappa shape index (κ3) is 3.61. The molecule has 0 aliphatic carbocycles. The van der Waals surface area contributed by atoms with E-state index in [1.54, 1.807) is 6.20 Å². The molecule has 0 radical (unpaired) electrons. The van der Waals surface area contributed by atoms with Gasteiger partial charge in [0.1, 0.15) is 5.54 Å². The van der Waals surface area contributed by atoms with E-state index < -0.39 is 5.54 Å². The molecule has 1 atom stereocenters. The molecule has 0 aromatic carbocycles. The molecule has 1 unspecified atom stereocenters. The first-order valence-corrected chi connectivity index (χ1v) is 10.9. The minimum atomic E-state index is -0.664. The Hall–Kier alpha value is -2.70. The van der Waals surface area contributed by atoms with Crippen molar-refractivity contribution >= 4 is 11.8 Å². The summed E-state index contributed by atoms with van der Waals surface area (Å²) < 4.78 is 1.87. The number of aromatic nitrogens is 3. The van der Waals surface area contributed by atoms with Gasteiger partial charge in [-0.1, -0.05) is 6.07 Å². The lowest BCUT2D eigenvalue weighted by atomic mass is 9.85. The van der Waals surface area contributed by atoms with Gasteiger partial charge in [-0.05, 0) is 63.6 Å². The van der Waals surface area contributed by atoms with Crippen LogP contribution in [0.25, 0.3) is 0 Å². The van der Waals surface area contributed by atoms with E-state index in [2.05, 4.69) is 10.1 Å². The van der Waals surface area contributed by atoms with Gasteiger partial charge in [-0.3, -0.25) is 19.3 Å². The Labute approximate surface area is 178 Å². The predicted molar refractivity (Wildman–Crippen MR) is 114 cm³/mol. The zero-order valence-electron chi connectivity index (χ0n) is 18.2. The Kier molecular flexibility index (Phi) is 5.62. The second-order valence-electron chi connectivity index (χ2n) is 8.60. The van der Waals surface area contributed by atoms with Crippen LogP contribution in [-0.4, -0.2) is 55.0 Å². The predicted octanol–water partition coefficient (Wildman–Crippen LogP) is 2.55. The molecule has 2 aromatic rings. The molecule has 4 rings (SSSR count). The number of carbonyl (C=O) groups is 2. The van der Waals surface area contributed by atoms with E-state index in [0.29, 0.717) is 25.9 Å². The van der Waals surface area contributed by atoms with Gasteiger partial charge in [-0.15, -0.1) is 0 Å². The average Bonchev–Trinajstić information content (AvgIpc) is 3.26. The number of pyridine rings is 1. The molecule has 0 bridgehead atoms. The molecule has 7 nitrogen and oxygen atoms in total. The van der Waals surface area contributed by atoms with Crippen LogP contribution in [0.2, 0.25) is 0 Å². The standard InChI is InChI=1S/C23H31N5O2/c1-17-20(18(2)26(3)25-17)9-10-21(29)28-15-7-12-23(28)11-6-14-27(22(23)30)16-19-8-4-5-13-24-19/h4-5,8,13H,6-7,9-12,14-16H2,1-3H3. The maximum Gasteiger partial charge on any atom is 0.248 e. The largest absolute Gasteiger partial charge is 0.335 e. The molecule has 2 fully saturated rings. The van der Waals surface area contributed by atoms with Crippen molar-refractivity contribution in [3.05, 3.63) is 47.0 Å². The van der Waals surface area contributed by atoms with Gasteiger partial charge < -0.3 is 9.80 Å². The van der Waals surface area contributed by atoms with Crippen LogP contribution in [0.5, 0.6) is 0 Å². The van der Waals surface area contributed by atoms with Crippen LogP contribution in [0.4, 0.5) is 0 Å². The highest BCUT2D eigenvalue weighted by Crippen LogP contribution is 2.39. The van der Waals surface area contributed by atoms with Crippen molar-refractivity contribution in [3.8, 4) is 0 Å². The van der Waals surface area contributed by atoms with E-state index in [1.165, 1.54) is 0 Å². The second-order valence-corrected chi connectivity index (χ2v) is 8.60. The van der Waals surface area contributed by atoms with Crippen molar-refractivity contribution in [1.82, 2.24) is 24.6 Å². The number of aryl methyl sites for hydroxylation is 2. The first-order valence-electron chi connectivity index (χ1n) is 10.9. The molecule has 30 heavy (non-hydrogen) atoms. The topological polar surface area (TPSA) is 71.3 Å². The zero-order chi connectivity index (χ0) is 21.3. The monoisotopic (exact) mass is 409 g/mol. The number of carbonyl (C=O) groups excluding carboxylic acids is 2. The molecular weight excluding hydrogens is 378 g/mol. The lowest BCUT2D eigenvalue weighted by molar-refractivity contribution is -0.155. The fourth-order valence-corrected chi connectivity index (χ4v) is 5.17. The number of likely N-dealkylation sites (tertiary alicyclic amines) is 2. The molecule has 1 spiro atoms. The van der Waals surface area contributed by atoms with Crippen LogP contribution in [0.15, 0.2) is 24.4 Å². The van der Waals surface area contributed by atoms with Gasteiger partial charge in [0.15, 0.2) is 0 Å². The van der Waals surface area contributed by atoms with Gasteiger partial charge in [0, 0.05) is 38.4 Å². The maximum atomic E-state index is 13.5. The number of amides is 2. The molecule has 2 saturated heterocycles. The molecule has 4 heterocycles. The molecular formula is C23H31N5O2. The van der Waals surface area contributed by atoms with E-state index in [4.69, 9.17) is 0 Å². The Balaban J connectivity index is 1.48. The lowest BCUT2D eigenvalue weighted by Gasteiger charge is -2.44. The van der Waals surface area contributed by atoms with Gasteiger partial charge in [-0.2, -0.15) is 5.10 Å². The van der Waals surface area contributed by atoms with Crippen molar-refractivity contribution in [2.45, 2.75) is 64.5 Å².